The highest BCUT2D eigenvalue weighted by Crippen LogP contribution is 2.38. The molecule has 1 atom stereocenters. The van der Waals surface area contributed by atoms with Crippen LogP contribution in [-0.2, 0) is 6.42 Å². The Bertz CT molecular complexity index is 1240. The maximum atomic E-state index is 14.4. The minimum absolute atomic E-state index is 0.177. The van der Waals surface area contributed by atoms with Crippen LogP contribution in [0.15, 0.2) is 54.6 Å². The van der Waals surface area contributed by atoms with Gasteiger partial charge < -0.3 is 10.2 Å². The van der Waals surface area contributed by atoms with E-state index in [0.717, 1.165) is 23.8 Å². The monoisotopic (exact) mass is 485 g/mol. The normalized spacial score (nSPS) is 15.2. The highest BCUT2D eigenvalue weighted by molar-refractivity contribution is 5.90. The zero-order chi connectivity index (χ0) is 24.9. The number of amides is 2. The van der Waals surface area contributed by atoms with E-state index < -0.39 is 34.3 Å². The van der Waals surface area contributed by atoms with Crippen LogP contribution in [0.3, 0.4) is 0 Å². The quantitative estimate of drug-likeness (QED) is 0.358. The van der Waals surface area contributed by atoms with E-state index in [1.165, 1.54) is 24.3 Å². The first-order valence-electron chi connectivity index (χ1n) is 11.0. The summed E-state index contributed by atoms with van der Waals surface area (Å²) in [7, 11) is 0. The lowest BCUT2D eigenvalue weighted by Gasteiger charge is -2.26. The molecule has 3 aromatic rings. The highest BCUT2D eigenvalue weighted by atomic mass is 19.1. The number of benzene rings is 2. The molecule has 8 nitrogen and oxygen atoms in total. The van der Waals surface area contributed by atoms with Crippen LogP contribution < -0.4 is 15.5 Å². The predicted octanol–water partition coefficient (Wildman–Crippen LogP) is 5.11. The smallest absolute Gasteiger partial charge is 0.320 e. The molecular formula is C24H22F3N5O3. The van der Waals surface area contributed by atoms with Crippen molar-refractivity contribution in [3.63, 3.8) is 0 Å². The average Bonchev–Trinajstić information content (AvgIpc) is 3.31. The van der Waals surface area contributed by atoms with Gasteiger partial charge in [0.1, 0.15) is 23.3 Å². The number of carbonyl (C=O) groups is 1. The van der Waals surface area contributed by atoms with E-state index >= 15 is 0 Å². The second-order valence-corrected chi connectivity index (χ2v) is 8.07. The maximum Gasteiger partial charge on any atom is 0.320 e. The summed E-state index contributed by atoms with van der Waals surface area (Å²) in [5, 5.41) is 16.5. The number of pyridine rings is 1. The van der Waals surface area contributed by atoms with Gasteiger partial charge in [-0.2, -0.15) is 0 Å². The fourth-order valence-electron chi connectivity index (χ4n) is 4.10. The molecule has 0 spiro atoms. The van der Waals surface area contributed by atoms with E-state index in [1.54, 1.807) is 17.0 Å². The number of halogens is 3. The lowest BCUT2D eigenvalue weighted by Crippen LogP contribution is -2.31. The Kier molecular flexibility index (Phi) is 7.14. The average molecular weight is 485 g/mol. The molecule has 1 unspecified atom stereocenters. The lowest BCUT2D eigenvalue weighted by molar-refractivity contribution is -0.384. The van der Waals surface area contributed by atoms with Gasteiger partial charge in [0.05, 0.1) is 11.0 Å². The summed E-state index contributed by atoms with van der Waals surface area (Å²) in [5.41, 5.74) is 0.577. The third-order valence-corrected chi connectivity index (χ3v) is 5.76. The predicted molar refractivity (Wildman–Crippen MR) is 124 cm³/mol. The van der Waals surface area contributed by atoms with Crippen molar-refractivity contribution in [2.75, 3.05) is 23.3 Å². The zero-order valence-electron chi connectivity index (χ0n) is 18.5. The molecule has 11 heteroatoms. The molecule has 4 rings (SSSR count). The van der Waals surface area contributed by atoms with Crippen LogP contribution in [0.5, 0.6) is 0 Å². The van der Waals surface area contributed by atoms with E-state index in [1.807, 2.05) is 0 Å². The van der Waals surface area contributed by atoms with Crippen LogP contribution >= 0.6 is 0 Å². The van der Waals surface area contributed by atoms with Crippen LogP contribution in [0, 0.1) is 27.6 Å². The number of nitrogens with one attached hydrogen (secondary N) is 2. The molecular weight excluding hydrogens is 463 g/mol. The molecule has 1 saturated heterocycles. The van der Waals surface area contributed by atoms with Gasteiger partial charge in [-0.25, -0.2) is 22.9 Å². The topological polar surface area (TPSA) is 100 Å². The van der Waals surface area contributed by atoms with Gasteiger partial charge in [-0.3, -0.25) is 15.4 Å². The van der Waals surface area contributed by atoms with Crippen molar-refractivity contribution in [3.05, 3.63) is 93.3 Å². The summed E-state index contributed by atoms with van der Waals surface area (Å²) in [4.78, 5) is 29.2. The molecule has 1 aliphatic rings. The minimum atomic E-state index is -0.700. The van der Waals surface area contributed by atoms with Crippen molar-refractivity contribution in [2.24, 2.45) is 0 Å². The fraction of sp³-hybridized carbons (Fsp3) is 0.250. The van der Waals surface area contributed by atoms with Crippen molar-refractivity contribution in [1.29, 1.82) is 0 Å². The van der Waals surface area contributed by atoms with Gasteiger partial charge in [-0.1, -0.05) is 12.1 Å². The molecule has 0 radical (unpaired) electrons. The van der Waals surface area contributed by atoms with Crippen molar-refractivity contribution in [1.82, 2.24) is 10.3 Å². The highest BCUT2D eigenvalue weighted by Gasteiger charge is 2.31. The van der Waals surface area contributed by atoms with Crippen molar-refractivity contribution in [3.8, 4) is 0 Å². The van der Waals surface area contributed by atoms with Gasteiger partial charge in [-0.05, 0) is 61.2 Å². The fourth-order valence-corrected chi connectivity index (χ4v) is 4.10. The molecule has 2 aromatic carbocycles. The molecule has 0 aliphatic carbocycles. The third-order valence-electron chi connectivity index (χ3n) is 5.76. The van der Waals surface area contributed by atoms with Crippen LogP contribution in [0.4, 0.5) is 35.3 Å². The first-order chi connectivity index (χ1) is 16.8. The number of rotatable bonds is 7. The Hall–Kier alpha value is -4.15. The third kappa shape index (κ3) is 5.68. The Balaban J connectivity index is 1.50. The first-order valence-corrected chi connectivity index (χ1v) is 11.0. The Morgan fingerprint density at radius 3 is 2.57 bits per heavy atom. The summed E-state index contributed by atoms with van der Waals surface area (Å²) in [6, 6.07) is 10.5. The molecule has 35 heavy (non-hydrogen) atoms. The molecule has 1 fully saturated rings. The van der Waals surface area contributed by atoms with E-state index in [-0.39, 0.29) is 23.7 Å². The Morgan fingerprint density at radius 1 is 1.09 bits per heavy atom. The van der Waals surface area contributed by atoms with Crippen molar-refractivity contribution in [2.45, 2.75) is 25.3 Å². The van der Waals surface area contributed by atoms with Gasteiger partial charge in [-0.15, -0.1) is 0 Å². The zero-order valence-corrected chi connectivity index (χ0v) is 18.5. The number of hydrogen-bond donors (Lipinski definition) is 2. The molecule has 2 N–H and O–H groups in total. The largest absolute Gasteiger partial charge is 0.349 e. The summed E-state index contributed by atoms with van der Waals surface area (Å²) in [6.45, 7) is 0.687. The van der Waals surface area contributed by atoms with Crippen molar-refractivity contribution >= 4 is 23.4 Å². The molecule has 182 valence electrons. The summed E-state index contributed by atoms with van der Waals surface area (Å²) < 4.78 is 41.2. The summed E-state index contributed by atoms with van der Waals surface area (Å²) in [6.07, 6.45) is 1.66. The molecule has 2 heterocycles. The first kappa shape index (κ1) is 24.0. The second-order valence-electron chi connectivity index (χ2n) is 8.07. The lowest BCUT2D eigenvalue weighted by atomic mass is 10.0. The number of nitro groups is 1. The van der Waals surface area contributed by atoms with Crippen LogP contribution in [0.2, 0.25) is 0 Å². The van der Waals surface area contributed by atoms with E-state index in [0.29, 0.717) is 31.6 Å². The molecule has 0 bridgehead atoms. The van der Waals surface area contributed by atoms with Gasteiger partial charge in [0.25, 0.3) is 0 Å². The number of anilines is 2. The second kappa shape index (κ2) is 10.4. The molecule has 2 amide bonds. The Morgan fingerprint density at radius 2 is 1.83 bits per heavy atom. The summed E-state index contributed by atoms with van der Waals surface area (Å²) >= 11 is 0. The van der Waals surface area contributed by atoms with Crippen LogP contribution in [0.25, 0.3) is 0 Å². The molecule has 1 aliphatic heterocycles. The van der Waals surface area contributed by atoms with E-state index in [9.17, 15) is 28.1 Å². The van der Waals surface area contributed by atoms with Crippen LogP contribution in [-0.4, -0.2) is 29.0 Å². The van der Waals surface area contributed by atoms with Crippen molar-refractivity contribution < 1.29 is 22.9 Å². The number of aromatic nitrogens is 1. The number of urea groups is 1. The van der Waals surface area contributed by atoms with E-state index in [4.69, 9.17) is 0 Å². The SMILES string of the molecule is O=C(NCCc1ccc(F)cc1)Nc1nc(N2CCCC2c2cc(F)ccc2F)ccc1[N+](=O)[O-]. The Labute approximate surface area is 198 Å². The van der Waals surface area contributed by atoms with Crippen LogP contribution in [0.1, 0.15) is 30.0 Å². The van der Waals surface area contributed by atoms with E-state index in [2.05, 4.69) is 15.6 Å². The standard InChI is InChI=1S/C24H22F3N5O3/c25-16-5-3-15(4-6-16)11-12-28-24(33)30-23-21(32(34)35)9-10-22(29-23)31-13-1-2-20(31)18-14-17(26)7-8-19(18)27/h3-10,14,20H,1-2,11-13H2,(H2,28,29,30,33). The van der Waals surface area contributed by atoms with Gasteiger partial charge in [0.2, 0.25) is 5.82 Å². The number of nitrogens with zero attached hydrogens (tertiary/aromatic N) is 3. The minimum Gasteiger partial charge on any atom is -0.349 e. The van der Waals surface area contributed by atoms with Gasteiger partial charge >= 0.3 is 11.7 Å². The maximum absolute atomic E-state index is 14.4. The molecule has 0 saturated carbocycles. The number of carbonyl (C=O) groups excluding carboxylic acids is 1. The number of hydrogen-bond acceptors (Lipinski definition) is 5. The molecule has 1 aromatic heterocycles. The summed E-state index contributed by atoms with van der Waals surface area (Å²) in [5.74, 6) is -1.45. The van der Waals surface area contributed by atoms with Gasteiger partial charge in [0.15, 0.2) is 0 Å². The van der Waals surface area contributed by atoms with Gasteiger partial charge in [0, 0.05) is 24.7 Å².